The van der Waals surface area contributed by atoms with Crippen LogP contribution < -0.4 is 20.9 Å². The van der Waals surface area contributed by atoms with E-state index in [1.54, 1.807) is 38.5 Å². The van der Waals surface area contributed by atoms with Crippen LogP contribution in [0.4, 0.5) is 14.9 Å². The molecule has 12 nitrogen and oxygen atoms in total. The Morgan fingerprint density at radius 1 is 1.16 bits per heavy atom. The van der Waals surface area contributed by atoms with Crippen LogP contribution in [0.2, 0.25) is 0 Å². The van der Waals surface area contributed by atoms with Gasteiger partial charge in [-0.1, -0.05) is 36.4 Å². The van der Waals surface area contributed by atoms with Crippen molar-refractivity contribution in [2.24, 2.45) is 0 Å². The Morgan fingerprint density at radius 3 is 2.66 bits per heavy atom. The van der Waals surface area contributed by atoms with Gasteiger partial charge in [-0.3, -0.25) is 19.4 Å². The minimum Gasteiger partial charge on any atom is -0.483 e. The quantitative estimate of drug-likeness (QED) is 0.210. The zero-order valence-electron chi connectivity index (χ0n) is 24.5. The number of ether oxygens (including phenoxy) is 2. The van der Waals surface area contributed by atoms with Gasteiger partial charge < -0.3 is 34.6 Å². The van der Waals surface area contributed by atoms with E-state index in [0.29, 0.717) is 23.1 Å². The van der Waals surface area contributed by atoms with Gasteiger partial charge in [0.25, 0.3) is 5.56 Å². The Bertz CT molecular complexity index is 1720. The number of likely N-dealkylation sites (N-methyl/N-ethyl adjacent to an activating group) is 1. The van der Waals surface area contributed by atoms with Gasteiger partial charge in [-0.15, -0.1) is 0 Å². The fourth-order valence-electron chi connectivity index (χ4n) is 4.26. The molecule has 3 amide bonds. The number of methoxy groups -OCH3 is 1. The molecule has 3 heterocycles. The molecule has 13 heteroatoms. The Hall–Kier alpha value is -5.46. The van der Waals surface area contributed by atoms with E-state index in [1.807, 2.05) is 30.3 Å². The van der Waals surface area contributed by atoms with Gasteiger partial charge in [-0.2, -0.15) is 0 Å². The summed E-state index contributed by atoms with van der Waals surface area (Å²) in [6, 6.07) is 13.0. The number of anilines is 1. The first-order valence-corrected chi connectivity index (χ1v) is 13.7. The molecule has 44 heavy (non-hydrogen) atoms. The predicted molar refractivity (Wildman–Crippen MR) is 162 cm³/mol. The van der Waals surface area contributed by atoms with Crippen molar-refractivity contribution < 1.29 is 28.2 Å². The first kappa shape index (κ1) is 31.5. The van der Waals surface area contributed by atoms with Crippen molar-refractivity contribution in [3.05, 3.63) is 101 Å². The van der Waals surface area contributed by atoms with Gasteiger partial charge in [-0.25, -0.2) is 9.18 Å². The van der Waals surface area contributed by atoms with E-state index in [-0.39, 0.29) is 36.9 Å². The summed E-state index contributed by atoms with van der Waals surface area (Å²) in [6.07, 6.45) is 5.21. The number of pyridine rings is 2. The van der Waals surface area contributed by atoms with E-state index in [9.17, 15) is 23.6 Å². The molecule has 0 bridgehead atoms. The van der Waals surface area contributed by atoms with Crippen LogP contribution in [0.1, 0.15) is 24.1 Å². The molecule has 0 aliphatic heterocycles. The third-order valence-electron chi connectivity index (χ3n) is 6.58. The summed E-state index contributed by atoms with van der Waals surface area (Å²) in [6.45, 7) is 0.218. The van der Waals surface area contributed by atoms with Crippen molar-refractivity contribution in [1.29, 1.82) is 0 Å². The Labute approximate surface area is 252 Å². The Morgan fingerprint density at radius 2 is 1.93 bits per heavy atom. The van der Waals surface area contributed by atoms with Gasteiger partial charge in [-0.05, 0) is 42.7 Å². The maximum atomic E-state index is 14.7. The van der Waals surface area contributed by atoms with Crippen LogP contribution in [0.15, 0.2) is 77.9 Å². The van der Waals surface area contributed by atoms with Gasteiger partial charge in [0.05, 0.1) is 25.4 Å². The van der Waals surface area contributed by atoms with Crippen molar-refractivity contribution >= 4 is 34.6 Å². The van der Waals surface area contributed by atoms with Gasteiger partial charge in [0, 0.05) is 26.0 Å². The molecule has 1 aromatic carbocycles. The van der Waals surface area contributed by atoms with Crippen molar-refractivity contribution in [2.45, 2.75) is 32.0 Å². The van der Waals surface area contributed by atoms with E-state index in [1.165, 1.54) is 28.7 Å². The normalized spacial score (nSPS) is 11.7. The highest BCUT2D eigenvalue weighted by molar-refractivity contribution is 5.96. The average molecular weight is 605 g/mol. The predicted octanol–water partition coefficient (Wildman–Crippen LogP) is 3.58. The molecule has 0 aliphatic carbocycles. The lowest BCUT2D eigenvalue weighted by Crippen LogP contribution is -2.44. The number of hydrogen-bond acceptors (Lipinski definition) is 7. The van der Waals surface area contributed by atoms with Crippen LogP contribution in [0.25, 0.3) is 11.0 Å². The number of H-pyrrole nitrogens is 1. The number of rotatable bonds is 12. The van der Waals surface area contributed by atoms with E-state index >= 15 is 0 Å². The number of nitrogens with zero attached hydrogens (tertiary/aromatic N) is 3. The second kappa shape index (κ2) is 14.6. The summed E-state index contributed by atoms with van der Waals surface area (Å²) in [5.74, 6) is -1.46. The molecule has 230 valence electrons. The number of hydrogen-bond donors (Lipinski definition) is 3. The third kappa shape index (κ3) is 8.09. The number of nitrogens with one attached hydrogen (secondary N) is 3. The summed E-state index contributed by atoms with van der Waals surface area (Å²) in [5.41, 5.74) is 1.71. The molecular weight excluding hydrogens is 571 g/mol. The van der Waals surface area contributed by atoms with Crippen LogP contribution in [-0.4, -0.2) is 64.6 Å². The molecule has 4 aromatic rings. The Kier molecular flexibility index (Phi) is 10.5. The summed E-state index contributed by atoms with van der Waals surface area (Å²) in [7, 11) is 4.40. The third-order valence-corrected chi connectivity index (χ3v) is 6.58. The molecule has 3 aromatic heterocycles. The van der Waals surface area contributed by atoms with Crippen LogP contribution in [0.5, 0.6) is 5.75 Å². The number of alkyl carbamates (subject to hydrolysis) is 1. The molecule has 0 radical (unpaired) electrons. The second-order valence-corrected chi connectivity index (χ2v) is 10.0. The fraction of sp³-hybridized carbons (Fsp3) is 0.258. The number of halogens is 1. The van der Waals surface area contributed by atoms with Gasteiger partial charge in [0.1, 0.15) is 23.9 Å². The number of fused-ring (bicyclic) bond motifs is 1. The number of allylic oxidation sites excluding steroid dienone is 1. The Balaban J connectivity index is 1.49. The van der Waals surface area contributed by atoms with E-state index in [4.69, 9.17) is 4.74 Å². The molecule has 0 saturated carbocycles. The van der Waals surface area contributed by atoms with E-state index in [0.717, 1.165) is 11.8 Å². The average Bonchev–Trinajstić information content (AvgIpc) is 3.42. The lowest BCUT2D eigenvalue weighted by Gasteiger charge is -2.17. The molecule has 1 unspecified atom stereocenters. The van der Waals surface area contributed by atoms with Gasteiger partial charge >= 0.3 is 6.09 Å². The van der Waals surface area contributed by atoms with Crippen LogP contribution >= 0.6 is 0 Å². The number of aromatic nitrogens is 3. The molecule has 0 saturated heterocycles. The summed E-state index contributed by atoms with van der Waals surface area (Å²) in [5, 5.41) is 5.03. The highest BCUT2D eigenvalue weighted by atomic mass is 19.1. The number of benzene rings is 1. The molecule has 0 fully saturated rings. The smallest absolute Gasteiger partial charge is 0.407 e. The van der Waals surface area contributed by atoms with Crippen molar-refractivity contribution in [3.8, 4) is 5.75 Å². The molecule has 4 rings (SSSR count). The largest absolute Gasteiger partial charge is 0.483 e. The lowest BCUT2D eigenvalue weighted by atomic mass is 10.1. The molecule has 0 spiro atoms. The first-order chi connectivity index (χ1) is 21.2. The van der Waals surface area contributed by atoms with Crippen LogP contribution in [0, 0.1) is 5.82 Å². The summed E-state index contributed by atoms with van der Waals surface area (Å²) < 4.78 is 26.4. The van der Waals surface area contributed by atoms with Crippen LogP contribution in [-0.2, 0) is 27.5 Å². The molecule has 1 atom stereocenters. The zero-order chi connectivity index (χ0) is 31.6. The SMILES string of the molecule is COC(=O)NC(CCC=CC(=O)N(C)C)C(=O)Nc1cccn(Cc2cc3ncc(F)c(OCc4ccccc4)c3[nH]2)c1=O. The van der Waals surface area contributed by atoms with E-state index < -0.39 is 29.4 Å². The molecular formula is C31H33FN6O6. The maximum absolute atomic E-state index is 14.7. The minimum absolute atomic E-state index is 0.0142. The molecule has 0 aliphatic rings. The summed E-state index contributed by atoms with van der Waals surface area (Å²) in [4.78, 5) is 58.6. The number of carbonyl (C=O) groups is 3. The summed E-state index contributed by atoms with van der Waals surface area (Å²) >= 11 is 0. The van der Waals surface area contributed by atoms with Crippen LogP contribution in [0.3, 0.4) is 0 Å². The lowest BCUT2D eigenvalue weighted by molar-refractivity contribution is -0.123. The number of carbonyl (C=O) groups excluding carboxylic acids is 3. The second-order valence-electron chi connectivity index (χ2n) is 10.0. The highest BCUT2D eigenvalue weighted by Crippen LogP contribution is 2.28. The molecule has 3 N–H and O–H groups in total. The van der Waals surface area contributed by atoms with Crippen molar-refractivity contribution in [1.82, 2.24) is 24.8 Å². The first-order valence-electron chi connectivity index (χ1n) is 13.7. The van der Waals surface area contributed by atoms with Crippen molar-refractivity contribution in [2.75, 3.05) is 26.5 Å². The standard InChI is InChI=1S/C31H33FN6O6/c1-37(2)26(39)14-8-7-12-23(36-31(42)43-3)29(40)35-24-13-9-15-38(30(24)41)18-21-16-25-27(34-21)28(22(32)17-33-25)44-19-20-10-5-4-6-11-20/h4-6,8-11,13-17,23,34H,7,12,18-19H2,1-3H3,(H,35,40)(H,36,42). The monoisotopic (exact) mass is 604 g/mol. The maximum Gasteiger partial charge on any atom is 0.407 e. The minimum atomic E-state index is -1.04. The highest BCUT2D eigenvalue weighted by Gasteiger charge is 2.22. The van der Waals surface area contributed by atoms with E-state index in [2.05, 4.69) is 25.3 Å². The fourth-order valence-corrected chi connectivity index (χ4v) is 4.26. The number of aromatic amines is 1. The zero-order valence-corrected chi connectivity index (χ0v) is 24.5. The van der Waals surface area contributed by atoms with Gasteiger partial charge in [0.2, 0.25) is 11.8 Å². The van der Waals surface area contributed by atoms with Gasteiger partial charge in [0.15, 0.2) is 11.6 Å². The number of amides is 3. The van der Waals surface area contributed by atoms with Crippen molar-refractivity contribution in [3.63, 3.8) is 0 Å². The topological polar surface area (TPSA) is 148 Å².